The summed E-state index contributed by atoms with van der Waals surface area (Å²) in [5.41, 5.74) is 0.707. The van der Waals surface area contributed by atoms with Gasteiger partial charge >= 0.3 is 5.97 Å². The topological polar surface area (TPSA) is 57.6 Å². The molecule has 1 heterocycles. The monoisotopic (exact) mass is 275 g/mol. The van der Waals surface area contributed by atoms with E-state index in [0.29, 0.717) is 12.1 Å². The number of hydrogen-bond donors (Lipinski definition) is 1. The fraction of sp³-hybridized carbons (Fsp3) is 0.500. The van der Waals surface area contributed by atoms with Crippen LogP contribution in [0.3, 0.4) is 0 Å². The second-order valence-corrected chi connectivity index (χ2v) is 5.59. The molecule has 1 aromatic rings. The maximum Gasteiger partial charge on any atom is 0.303 e. The van der Waals surface area contributed by atoms with Crippen molar-refractivity contribution >= 4 is 11.9 Å². The fourth-order valence-electron chi connectivity index (χ4n) is 2.86. The van der Waals surface area contributed by atoms with Crippen LogP contribution in [0.15, 0.2) is 30.3 Å². The van der Waals surface area contributed by atoms with Crippen LogP contribution in [0.1, 0.15) is 36.5 Å². The lowest BCUT2D eigenvalue weighted by Crippen LogP contribution is -2.42. The predicted octanol–water partition coefficient (Wildman–Crippen LogP) is 2.65. The van der Waals surface area contributed by atoms with Crippen LogP contribution in [-0.2, 0) is 4.79 Å². The van der Waals surface area contributed by atoms with Gasteiger partial charge in [-0.05, 0) is 36.8 Å². The SMILES string of the molecule is CC(CC(=O)O)C1CCCN(C(=O)c2ccccc2)C1. The summed E-state index contributed by atoms with van der Waals surface area (Å²) in [6.45, 7) is 3.40. The van der Waals surface area contributed by atoms with Crippen LogP contribution in [0.5, 0.6) is 0 Å². The van der Waals surface area contributed by atoms with Crippen LogP contribution < -0.4 is 0 Å². The highest BCUT2D eigenvalue weighted by atomic mass is 16.4. The lowest BCUT2D eigenvalue weighted by atomic mass is 9.84. The first-order valence-corrected chi connectivity index (χ1v) is 7.14. The summed E-state index contributed by atoms with van der Waals surface area (Å²) in [5.74, 6) is -0.312. The molecule has 2 rings (SSSR count). The predicted molar refractivity (Wildman–Crippen MR) is 76.5 cm³/mol. The van der Waals surface area contributed by atoms with Crippen molar-refractivity contribution < 1.29 is 14.7 Å². The number of carboxylic acids is 1. The average Bonchev–Trinajstić information content (AvgIpc) is 2.47. The standard InChI is InChI=1S/C16H21NO3/c1-12(10-15(18)19)14-8-5-9-17(11-14)16(20)13-6-3-2-4-7-13/h2-4,6-7,12,14H,5,8-11H2,1H3,(H,18,19). The molecular formula is C16H21NO3. The summed E-state index contributed by atoms with van der Waals surface area (Å²) < 4.78 is 0. The second kappa shape index (κ2) is 6.55. The van der Waals surface area contributed by atoms with Gasteiger partial charge in [0.25, 0.3) is 5.91 Å². The third kappa shape index (κ3) is 3.59. The van der Waals surface area contributed by atoms with Crippen molar-refractivity contribution in [3.63, 3.8) is 0 Å². The van der Waals surface area contributed by atoms with E-state index in [1.54, 1.807) is 0 Å². The number of likely N-dealkylation sites (tertiary alicyclic amines) is 1. The Morgan fingerprint density at radius 2 is 2.05 bits per heavy atom. The van der Waals surface area contributed by atoms with Crippen molar-refractivity contribution in [3.05, 3.63) is 35.9 Å². The minimum Gasteiger partial charge on any atom is -0.481 e. The van der Waals surface area contributed by atoms with Gasteiger partial charge in [0.05, 0.1) is 0 Å². The summed E-state index contributed by atoms with van der Waals surface area (Å²) in [4.78, 5) is 25.1. The number of rotatable bonds is 4. The number of carboxylic acid groups (broad SMARTS) is 1. The van der Waals surface area contributed by atoms with Crippen LogP contribution in [-0.4, -0.2) is 35.0 Å². The van der Waals surface area contributed by atoms with Gasteiger partial charge in [-0.1, -0.05) is 25.1 Å². The Morgan fingerprint density at radius 3 is 2.70 bits per heavy atom. The number of nitrogens with zero attached hydrogens (tertiary/aromatic N) is 1. The maximum atomic E-state index is 12.4. The van der Waals surface area contributed by atoms with Crippen molar-refractivity contribution in [3.8, 4) is 0 Å². The van der Waals surface area contributed by atoms with Gasteiger partial charge in [0.1, 0.15) is 0 Å². The van der Waals surface area contributed by atoms with Crippen LogP contribution >= 0.6 is 0 Å². The molecule has 2 atom stereocenters. The summed E-state index contributed by atoms with van der Waals surface area (Å²) in [6.07, 6.45) is 2.14. The van der Waals surface area contributed by atoms with E-state index in [-0.39, 0.29) is 24.2 Å². The molecule has 108 valence electrons. The molecule has 0 aliphatic carbocycles. The maximum absolute atomic E-state index is 12.4. The summed E-state index contributed by atoms with van der Waals surface area (Å²) >= 11 is 0. The van der Waals surface area contributed by atoms with E-state index in [9.17, 15) is 9.59 Å². The zero-order valence-electron chi connectivity index (χ0n) is 11.8. The van der Waals surface area contributed by atoms with Gasteiger partial charge in [0.15, 0.2) is 0 Å². The Kier molecular flexibility index (Phi) is 4.77. The molecule has 20 heavy (non-hydrogen) atoms. The number of carbonyl (C=O) groups excluding carboxylic acids is 1. The molecule has 4 nitrogen and oxygen atoms in total. The van der Waals surface area contributed by atoms with Crippen LogP contribution in [0.25, 0.3) is 0 Å². The van der Waals surface area contributed by atoms with Crippen LogP contribution in [0, 0.1) is 11.8 Å². The number of benzene rings is 1. The molecule has 1 fully saturated rings. The summed E-state index contributed by atoms with van der Waals surface area (Å²) in [7, 11) is 0. The third-order valence-corrected chi connectivity index (χ3v) is 4.07. The molecule has 2 unspecified atom stereocenters. The average molecular weight is 275 g/mol. The molecule has 0 aromatic heterocycles. The normalized spacial score (nSPS) is 20.4. The summed E-state index contributed by atoms with van der Waals surface area (Å²) in [6, 6.07) is 9.27. The molecule has 4 heteroatoms. The number of amides is 1. The number of carbonyl (C=O) groups is 2. The third-order valence-electron chi connectivity index (χ3n) is 4.07. The number of aliphatic carboxylic acids is 1. The van der Waals surface area contributed by atoms with Crippen molar-refractivity contribution in [1.82, 2.24) is 4.90 Å². The van der Waals surface area contributed by atoms with Crippen LogP contribution in [0.4, 0.5) is 0 Å². The van der Waals surface area contributed by atoms with Gasteiger partial charge in [0, 0.05) is 25.1 Å². The molecule has 0 spiro atoms. The van der Waals surface area contributed by atoms with E-state index in [1.807, 2.05) is 42.2 Å². The molecule has 0 radical (unpaired) electrons. The first-order valence-electron chi connectivity index (χ1n) is 7.14. The highest BCUT2D eigenvalue weighted by molar-refractivity contribution is 5.94. The Balaban J connectivity index is 2.00. The molecular weight excluding hydrogens is 254 g/mol. The van der Waals surface area contributed by atoms with E-state index in [2.05, 4.69) is 0 Å². The van der Waals surface area contributed by atoms with Crippen molar-refractivity contribution in [1.29, 1.82) is 0 Å². The molecule has 1 amide bonds. The Hall–Kier alpha value is -1.84. The fourth-order valence-corrected chi connectivity index (χ4v) is 2.86. The molecule has 0 saturated carbocycles. The number of hydrogen-bond acceptors (Lipinski definition) is 2. The summed E-state index contributed by atoms with van der Waals surface area (Å²) in [5, 5.41) is 8.89. The van der Waals surface area contributed by atoms with Crippen molar-refractivity contribution in [2.75, 3.05) is 13.1 Å². The van der Waals surface area contributed by atoms with Crippen molar-refractivity contribution in [2.24, 2.45) is 11.8 Å². The minimum atomic E-state index is -0.760. The number of piperidine rings is 1. The van der Waals surface area contributed by atoms with Crippen LogP contribution in [0.2, 0.25) is 0 Å². The minimum absolute atomic E-state index is 0.0535. The van der Waals surface area contributed by atoms with Gasteiger partial charge < -0.3 is 10.0 Å². The molecule has 0 bridgehead atoms. The van der Waals surface area contributed by atoms with Gasteiger partial charge in [-0.25, -0.2) is 0 Å². The van der Waals surface area contributed by atoms with Gasteiger partial charge in [-0.3, -0.25) is 9.59 Å². The quantitative estimate of drug-likeness (QED) is 0.919. The zero-order chi connectivity index (χ0) is 14.5. The molecule has 1 saturated heterocycles. The van der Waals surface area contributed by atoms with E-state index in [1.165, 1.54) is 0 Å². The van der Waals surface area contributed by atoms with E-state index < -0.39 is 5.97 Å². The van der Waals surface area contributed by atoms with E-state index >= 15 is 0 Å². The molecule has 1 aliphatic rings. The van der Waals surface area contributed by atoms with Crippen molar-refractivity contribution in [2.45, 2.75) is 26.2 Å². The smallest absolute Gasteiger partial charge is 0.303 e. The highest BCUT2D eigenvalue weighted by Gasteiger charge is 2.28. The Morgan fingerprint density at radius 1 is 1.35 bits per heavy atom. The first kappa shape index (κ1) is 14.6. The highest BCUT2D eigenvalue weighted by Crippen LogP contribution is 2.26. The lowest BCUT2D eigenvalue weighted by molar-refractivity contribution is -0.138. The second-order valence-electron chi connectivity index (χ2n) is 5.59. The lowest BCUT2D eigenvalue weighted by Gasteiger charge is -2.35. The largest absolute Gasteiger partial charge is 0.481 e. The van der Waals surface area contributed by atoms with E-state index in [0.717, 1.165) is 19.4 Å². The van der Waals surface area contributed by atoms with Gasteiger partial charge in [-0.2, -0.15) is 0 Å². The van der Waals surface area contributed by atoms with Gasteiger partial charge in [-0.15, -0.1) is 0 Å². The van der Waals surface area contributed by atoms with Gasteiger partial charge in [0.2, 0.25) is 0 Å². The van der Waals surface area contributed by atoms with E-state index in [4.69, 9.17) is 5.11 Å². The zero-order valence-corrected chi connectivity index (χ0v) is 11.8. The molecule has 1 aliphatic heterocycles. The molecule has 1 aromatic carbocycles. The Bertz CT molecular complexity index is 472. The first-order chi connectivity index (χ1) is 9.58. The Labute approximate surface area is 119 Å². The molecule has 1 N–H and O–H groups in total.